The van der Waals surface area contributed by atoms with Crippen molar-refractivity contribution in [2.75, 3.05) is 13.1 Å². The van der Waals surface area contributed by atoms with Crippen LogP contribution in [0.5, 0.6) is 0 Å². The molecule has 0 bridgehead atoms. The Kier molecular flexibility index (Phi) is 6.50. The summed E-state index contributed by atoms with van der Waals surface area (Å²) in [5.41, 5.74) is 3.77. The van der Waals surface area contributed by atoms with Crippen LogP contribution in [0.1, 0.15) is 22.3 Å². The zero-order valence-electron chi connectivity index (χ0n) is 21.5. The van der Waals surface area contributed by atoms with Gasteiger partial charge in [-0.25, -0.2) is 0 Å². The second kappa shape index (κ2) is 10.4. The quantitative estimate of drug-likeness (QED) is 0.321. The van der Waals surface area contributed by atoms with E-state index in [1.54, 1.807) is 48.5 Å². The normalized spacial score (nSPS) is 15.6. The van der Waals surface area contributed by atoms with E-state index in [0.29, 0.717) is 44.5 Å². The van der Waals surface area contributed by atoms with Gasteiger partial charge in [-0.3, -0.25) is 29.0 Å². The molecule has 6 nitrogen and oxygen atoms in total. The zero-order valence-corrected chi connectivity index (χ0v) is 21.5. The van der Waals surface area contributed by atoms with Gasteiger partial charge in [0.2, 0.25) is 0 Å². The molecule has 0 aliphatic carbocycles. The fourth-order valence-electron chi connectivity index (χ4n) is 5.25. The van der Waals surface area contributed by atoms with Crippen molar-refractivity contribution in [2.45, 2.75) is 0 Å². The van der Waals surface area contributed by atoms with Crippen LogP contribution in [-0.4, -0.2) is 46.5 Å². The van der Waals surface area contributed by atoms with Crippen molar-refractivity contribution in [2.24, 2.45) is 0 Å². The molecule has 4 aromatic carbocycles. The number of hydrogen-bond acceptors (Lipinski definition) is 4. The van der Waals surface area contributed by atoms with Crippen molar-refractivity contribution in [1.29, 1.82) is 0 Å². The highest BCUT2D eigenvalue weighted by Gasteiger charge is 2.43. The van der Waals surface area contributed by atoms with E-state index in [-0.39, 0.29) is 13.1 Å². The zero-order chi connectivity index (χ0) is 27.6. The van der Waals surface area contributed by atoms with Crippen LogP contribution in [0.2, 0.25) is 0 Å². The highest BCUT2D eigenvalue weighted by Crippen LogP contribution is 2.37. The lowest BCUT2D eigenvalue weighted by molar-refractivity contribution is -0.141. The van der Waals surface area contributed by atoms with Crippen molar-refractivity contribution in [3.05, 3.63) is 144 Å². The third-order valence-corrected chi connectivity index (χ3v) is 7.13. The lowest BCUT2D eigenvalue weighted by Gasteiger charge is -2.20. The highest BCUT2D eigenvalue weighted by atomic mass is 16.2. The van der Waals surface area contributed by atoms with Crippen molar-refractivity contribution < 1.29 is 19.2 Å². The minimum Gasteiger partial charge on any atom is -0.272 e. The minimum absolute atomic E-state index is 0.119. The van der Waals surface area contributed by atoms with Gasteiger partial charge < -0.3 is 0 Å². The molecule has 6 rings (SSSR count). The van der Waals surface area contributed by atoms with Gasteiger partial charge in [0.25, 0.3) is 23.6 Å². The number of rotatable bonds is 7. The summed E-state index contributed by atoms with van der Waals surface area (Å²) in [6.45, 7) is -0.238. The number of carbonyl (C=O) groups is 4. The van der Waals surface area contributed by atoms with Gasteiger partial charge in [-0.05, 0) is 22.3 Å². The van der Waals surface area contributed by atoms with Crippen LogP contribution in [0.25, 0.3) is 22.3 Å². The van der Waals surface area contributed by atoms with E-state index >= 15 is 0 Å². The van der Waals surface area contributed by atoms with E-state index in [2.05, 4.69) is 0 Å². The Hall–Kier alpha value is -5.36. The van der Waals surface area contributed by atoms with E-state index in [1.165, 1.54) is 0 Å². The first-order chi connectivity index (χ1) is 19.6. The molecule has 0 spiro atoms. The maximum atomic E-state index is 13.7. The highest BCUT2D eigenvalue weighted by molar-refractivity contribution is 6.50. The number of nitrogens with zero attached hydrogens (tertiary/aromatic N) is 2. The Morgan fingerprint density at radius 2 is 0.525 bits per heavy atom. The summed E-state index contributed by atoms with van der Waals surface area (Å²) >= 11 is 0. The number of amides is 4. The average molecular weight is 525 g/mol. The summed E-state index contributed by atoms with van der Waals surface area (Å²) in [6.07, 6.45) is 0. The van der Waals surface area contributed by atoms with Crippen LogP contribution in [0.15, 0.2) is 121 Å². The molecule has 0 N–H and O–H groups in total. The third kappa shape index (κ3) is 4.25. The molecule has 4 amide bonds. The number of carbonyl (C=O) groups excluding carboxylic acids is 4. The molecule has 40 heavy (non-hydrogen) atoms. The summed E-state index contributed by atoms with van der Waals surface area (Å²) in [5, 5.41) is 0. The molecule has 0 radical (unpaired) electrons. The van der Waals surface area contributed by atoms with Gasteiger partial charge in [-0.1, -0.05) is 121 Å². The number of hydrogen-bond donors (Lipinski definition) is 0. The van der Waals surface area contributed by atoms with E-state index in [0.717, 1.165) is 9.80 Å². The monoisotopic (exact) mass is 524 g/mol. The molecule has 0 saturated carbocycles. The molecular weight excluding hydrogens is 500 g/mol. The smallest absolute Gasteiger partial charge is 0.262 e. The van der Waals surface area contributed by atoms with E-state index < -0.39 is 23.6 Å². The Bertz CT molecular complexity index is 1440. The minimum atomic E-state index is -0.450. The van der Waals surface area contributed by atoms with E-state index in [9.17, 15) is 19.2 Å². The van der Waals surface area contributed by atoms with Gasteiger partial charge in [0, 0.05) is 13.1 Å². The van der Waals surface area contributed by atoms with Crippen LogP contribution in [-0.2, 0) is 19.2 Å². The lowest BCUT2D eigenvalue weighted by atomic mass is 9.96. The molecule has 194 valence electrons. The topological polar surface area (TPSA) is 74.8 Å². The second-order valence-corrected chi connectivity index (χ2v) is 9.49. The van der Waals surface area contributed by atoms with Crippen LogP contribution >= 0.6 is 0 Å². The van der Waals surface area contributed by atoms with Crippen molar-refractivity contribution in [3.63, 3.8) is 0 Å². The summed E-state index contributed by atoms with van der Waals surface area (Å²) < 4.78 is 0. The Morgan fingerprint density at radius 3 is 0.725 bits per heavy atom. The summed E-state index contributed by atoms with van der Waals surface area (Å²) in [6, 6.07) is 36.2. The van der Waals surface area contributed by atoms with E-state index in [4.69, 9.17) is 0 Å². The molecule has 2 aliphatic heterocycles. The van der Waals surface area contributed by atoms with E-state index in [1.807, 2.05) is 72.8 Å². The molecule has 0 saturated heterocycles. The Morgan fingerprint density at radius 1 is 0.325 bits per heavy atom. The maximum absolute atomic E-state index is 13.7. The van der Waals surface area contributed by atoms with Crippen molar-refractivity contribution in [1.82, 2.24) is 9.80 Å². The van der Waals surface area contributed by atoms with Crippen molar-refractivity contribution >= 4 is 45.9 Å². The predicted octanol–water partition coefficient (Wildman–Crippen LogP) is 4.95. The van der Waals surface area contributed by atoms with Gasteiger partial charge in [0.05, 0.1) is 22.3 Å². The largest absolute Gasteiger partial charge is 0.272 e. The standard InChI is InChI=1S/C34H24N2O4/c37-31-27(23-13-5-1-6-14-23)28(24-15-7-2-8-16-24)32(38)35(31)21-22-36-33(39)29(25-17-9-3-10-18-25)30(34(36)40)26-19-11-4-12-20-26/h1-20H,21-22H2. The Balaban J connectivity index is 1.32. The molecule has 2 aliphatic rings. The molecule has 0 fully saturated rings. The molecule has 6 heteroatoms. The number of imide groups is 2. The van der Waals surface area contributed by atoms with Crippen molar-refractivity contribution in [3.8, 4) is 0 Å². The first-order valence-electron chi connectivity index (χ1n) is 13.0. The van der Waals surface area contributed by atoms with Gasteiger partial charge in [-0.15, -0.1) is 0 Å². The maximum Gasteiger partial charge on any atom is 0.262 e. The van der Waals surface area contributed by atoms with Crippen LogP contribution in [0.4, 0.5) is 0 Å². The molecule has 0 aromatic heterocycles. The fourth-order valence-corrected chi connectivity index (χ4v) is 5.25. The molecule has 0 atom stereocenters. The van der Waals surface area contributed by atoms with Gasteiger partial charge in [0.1, 0.15) is 0 Å². The summed E-state index contributed by atoms with van der Waals surface area (Å²) in [5.74, 6) is -1.80. The Labute approximate surface area is 231 Å². The first-order valence-corrected chi connectivity index (χ1v) is 13.0. The molecule has 2 heterocycles. The van der Waals surface area contributed by atoms with Crippen LogP contribution in [0.3, 0.4) is 0 Å². The second-order valence-electron chi connectivity index (χ2n) is 9.49. The number of benzene rings is 4. The molecule has 4 aromatic rings. The fraction of sp³-hybridized carbons (Fsp3) is 0.0588. The molecule has 0 unspecified atom stereocenters. The molecular formula is C34H24N2O4. The summed E-state index contributed by atoms with van der Waals surface area (Å²) in [4.78, 5) is 57.0. The SMILES string of the molecule is O=C1C(c2ccccc2)=C(c2ccccc2)C(=O)N1CCN1C(=O)C(c2ccccc2)=C(c2ccccc2)C1=O. The first kappa shape index (κ1) is 24.9. The van der Waals surface area contributed by atoms with Gasteiger partial charge >= 0.3 is 0 Å². The predicted molar refractivity (Wildman–Crippen MR) is 153 cm³/mol. The average Bonchev–Trinajstić information content (AvgIpc) is 3.41. The van der Waals surface area contributed by atoms with Gasteiger partial charge in [0.15, 0.2) is 0 Å². The van der Waals surface area contributed by atoms with Crippen LogP contribution in [0, 0.1) is 0 Å². The van der Waals surface area contributed by atoms with Crippen LogP contribution < -0.4 is 0 Å². The lowest BCUT2D eigenvalue weighted by Crippen LogP contribution is -2.42. The van der Waals surface area contributed by atoms with Gasteiger partial charge in [-0.2, -0.15) is 0 Å². The summed E-state index contributed by atoms with van der Waals surface area (Å²) in [7, 11) is 0. The third-order valence-electron chi connectivity index (χ3n) is 7.13.